The number of hydrogen-bond acceptors (Lipinski definition) is 4. The molecule has 0 aliphatic carbocycles. The molecule has 0 aromatic heterocycles. The number of nitrogens with one attached hydrogen (secondary N) is 2. The average Bonchev–Trinajstić information content (AvgIpc) is 2.71. The van der Waals surface area contributed by atoms with Gasteiger partial charge in [0.15, 0.2) is 5.96 Å². The molecule has 1 aromatic carbocycles. The summed E-state index contributed by atoms with van der Waals surface area (Å²) in [5.74, 6) is 1.43. The predicted octanol–water partition coefficient (Wildman–Crippen LogP) is 2.29. The van der Waals surface area contributed by atoms with Crippen molar-refractivity contribution in [2.75, 3.05) is 59.6 Å². The molecule has 1 heterocycles. The first-order chi connectivity index (χ1) is 13.2. The van der Waals surface area contributed by atoms with E-state index >= 15 is 0 Å². The smallest absolute Gasteiger partial charge is 0.190 e. The van der Waals surface area contributed by atoms with Gasteiger partial charge in [-0.2, -0.15) is 0 Å². The molecular formula is C21H36N4O2. The summed E-state index contributed by atoms with van der Waals surface area (Å²) in [5.41, 5.74) is 1.22. The lowest BCUT2D eigenvalue weighted by Crippen LogP contribution is -2.44. The summed E-state index contributed by atoms with van der Waals surface area (Å²) < 4.78 is 11.3. The lowest BCUT2D eigenvalue weighted by Gasteiger charge is -2.29. The van der Waals surface area contributed by atoms with E-state index in [-0.39, 0.29) is 6.10 Å². The Labute approximate surface area is 164 Å². The highest BCUT2D eigenvalue weighted by Gasteiger charge is 2.13. The van der Waals surface area contributed by atoms with E-state index in [0.29, 0.717) is 5.92 Å². The molecule has 0 saturated carbocycles. The third-order valence-corrected chi connectivity index (χ3v) is 4.77. The number of benzene rings is 1. The maximum atomic E-state index is 5.91. The van der Waals surface area contributed by atoms with E-state index in [1.807, 2.05) is 25.2 Å². The van der Waals surface area contributed by atoms with Crippen molar-refractivity contribution in [3.05, 3.63) is 35.9 Å². The Kier molecular flexibility index (Phi) is 10.2. The zero-order chi connectivity index (χ0) is 19.3. The van der Waals surface area contributed by atoms with Crippen molar-refractivity contribution in [2.45, 2.75) is 26.4 Å². The molecule has 152 valence electrons. The van der Waals surface area contributed by atoms with Gasteiger partial charge in [0.1, 0.15) is 0 Å². The maximum absolute atomic E-state index is 5.91. The monoisotopic (exact) mass is 376 g/mol. The van der Waals surface area contributed by atoms with Gasteiger partial charge in [0.2, 0.25) is 0 Å². The van der Waals surface area contributed by atoms with Crippen LogP contribution in [0.3, 0.4) is 0 Å². The molecule has 1 aromatic rings. The van der Waals surface area contributed by atoms with Gasteiger partial charge in [-0.3, -0.25) is 9.89 Å². The molecule has 2 N–H and O–H groups in total. The topological polar surface area (TPSA) is 58.1 Å². The number of ether oxygens (including phenoxy) is 2. The molecule has 1 fully saturated rings. The zero-order valence-corrected chi connectivity index (χ0v) is 17.1. The summed E-state index contributed by atoms with van der Waals surface area (Å²) in [4.78, 5) is 6.78. The summed E-state index contributed by atoms with van der Waals surface area (Å²) in [6, 6.07) is 10.3. The van der Waals surface area contributed by atoms with Crippen LogP contribution in [0.1, 0.15) is 31.9 Å². The molecule has 0 spiro atoms. The van der Waals surface area contributed by atoms with Crippen LogP contribution >= 0.6 is 0 Å². The number of hydrogen-bond donors (Lipinski definition) is 2. The van der Waals surface area contributed by atoms with Crippen molar-refractivity contribution in [1.29, 1.82) is 0 Å². The van der Waals surface area contributed by atoms with E-state index in [1.165, 1.54) is 5.56 Å². The number of guanidine groups is 1. The van der Waals surface area contributed by atoms with Crippen LogP contribution in [0.25, 0.3) is 0 Å². The van der Waals surface area contributed by atoms with Crippen molar-refractivity contribution in [3.8, 4) is 0 Å². The van der Waals surface area contributed by atoms with Crippen molar-refractivity contribution in [3.63, 3.8) is 0 Å². The van der Waals surface area contributed by atoms with Gasteiger partial charge < -0.3 is 20.1 Å². The van der Waals surface area contributed by atoms with Gasteiger partial charge >= 0.3 is 0 Å². The van der Waals surface area contributed by atoms with E-state index in [0.717, 1.165) is 64.9 Å². The minimum absolute atomic E-state index is 0.129. The molecule has 2 unspecified atom stereocenters. The van der Waals surface area contributed by atoms with Gasteiger partial charge in [-0.25, -0.2) is 0 Å². The van der Waals surface area contributed by atoms with Crippen molar-refractivity contribution >= 4 is 5.96 Å². The molecule has 1 aliphatic rings. The third-order valence-electron chi connectivity index (χ3n) is 4.77. The Morgan fingerprint density at radius 3 is 2.63 bits per heavy atom. The molecule has 27 heavy (non-hydrogen) atoms. The second kappa shape index (κ2) is 12.7. The second-order valence-corrected chi connectivity index (χ2v) is 7.18. The van der Waals surface area contributed by atoms with Crippen LogP contribution < -0.4 is 10.6 Å². The highest BCUT2D eigenvalue weighted by Crippen LogP contribution is 2.15. The van der Waals surface area contributed by atoms with E-state index in [1.54, 1.807) is 0 Å². The Balaban J connectivity index is 1.54. The van der Waals surface area contributed by atoms with E-state index in [4.69, 9.17) is 9.47 Å². The first-order valence-corrected chi connectivity index (χ1v) is 10.1. The molecule has 2 atom stereocenters. The van der Waals surface area contributed by atoms with E-state index < -0.39 is 0 Å². The summed E-state index contributed by atoms with van der Waals surface area (Å²) in [5, 5.41) is 6.79. The molecule has 6 heteroatoms. The fourth-order valence-corrected chi connectivity index (χ4v) is 3.14. The Bertz CT molecular complexity index is 532. The largest absolute Gasteiger partial charge is 0.379 e. The molecule has 2 rings (SSSR count). The SMILES string of the molecule is CN=C(NCCCOC(C)c1ccccc1)NCC(C)CN1CCOCC1. The lowest BCUT2D eigenvalue weighted by atomic mass is 10.1. The molecule has 1 aliphatic heterocycles. The highest BCUT2D eigenvalue weighted by molar-refractivity contribution is 5.79. The van der Waals surface area contributed by atoms with Gasteiger partial charge in [-0.1, -0.05) is 37.3 Å². The summed E-state index contributed by atoms with van der Waals surface area (Å²) >= 11 is 0. The Morgan fingerprint density at radius 1 is 1.19 bits per heavy atom. The fraction of sp³-hybridized carbons (Fsp3) is 0.667. The lowest BCUT2D eigenvalue weighted by molar-refractivity contribution is 0.0320. The number of aliphatic imine (C=N–C) groups is 1. The van der Waals surface area contributed by atoms with Crippen LogP contribution in [0.2, 0.25) is 0 Å². The Morgan fingerprint density at radius 2 is 1.93 bits per heavy atom. The Hall–Kier alpha value is -1.63. The highest BCUT2D eigenvalue weighted by atomic mass is 16.5. The second-order valence-electron chi connectivity index (χ2n) is 7.18. The maximum Gasteiger partial charge on any atom is 0.190 e. The minimum Gasteiger partial charge on any atom is -0.379 e. The standard InChI is InChI=1S/C21H36N4O2/c1-18(17-25-11-14-26-15-12-25)16-24-21(22-3)23-10-7-13-27-19(2)20-8-5-4-6-9-20/h4-6,8-9,18-19H,7,10-17H2,1-3H3,(H2,22,23,24). The average molecular weight is 377 g/mol. The fourth-order valence-electron chi connectivity index (χ4n) is 3.14. The van der Waals surface area contributed by atoms with E-state index in [2.05, 4.69) is 46.5 Å². The molecule has 0 bridgehead atoms. The number of nitrogens with zero attached hydrogens (tertiary/aromatic N) is 2. The molecular weight excluding hydrogens is 340 g/mol. The summed E-state index contributed by atoms with van der Waals surface area (Å²) in [6.45, 7) is 11.7. The molecule has 0 amide bonds. The van der Waals surface area contributed by atoms with Crippen LogP contribution in [-0.4, -0.2) is 70.5 Å². The first kappa shape index (κ1) is 21.7. The van der Waals surface area contributed by atoms with Crippen LogP contribution in [0, 0.1) is 5.92 Å². The third kappa shape index (κ3) is 8.73. The number of morpholine rings is 1. The van der Waals surface area contributed by atoms with Gasteiger partial charge in [0.25, 0.3) is 0 Å². The predicted molar refractivity (Wildman–Crippen MR) is 111 cm³/mol. The zero-order valence-electron chi connectivity index (χ0n) is 17.1. The van der Waals surface area contributed by atoms with Gasteiger partial charge in [-0.05, 0) is 24.8 Å². The minimum atomic E-state index is 0.129. The quantitative estimate of drug-likeness (QED) is 0.373. The van der Waals surface area contributed by atoms with Crippen molar-refractivity contribution < 1.29 is 9.47 Å². The van der Waals surface area contributed by atoms with Crippen LogP contribution in [-0.2, 0) is 9.47 Å². The van der Waals surface area contributed by atoms with Gasteiger partial charge in [0.05, 0.1) is 19.3 Å². The normalized spacial score (nSPS) is 18.1. The van der Waals surface area contributed by atoms with Crippen LogP contribution in [0.5, 0.6) is 0 Å². The molecule has 1 saturated heterocycles. The van der Waals surface area contributed by atoms with Crippen molar-refractivity contribution in [1.82, 2.24) is 15.5 Å². The molecule has 0 radical (unpaired) electrons. The summed E-state index contributed by atoms with van der Waals surface area (Å²) in [6.07, 6.45) is 1.07. The molecule has 6 nitrogen and oxygen atoms in total. The van der Waals surface area contributed by atoms with Crippen LogP contribution in [0.4, 0.5) is 0 Å². The number of rotatable bonds is 10. The first-order valence-electron chi connectivity index (χ1n) is 10.1. The van der Waals surface area contributed by atoms with Gasteiger partial charge in [-0.15, -0.1) is 0 Å². The summed E-state index contributed by atoms with van der Waals surface area (Å²) in [7, 11) is 1.82. The van der Waals surface area contributed by atoms with Gasteiger partial charge in [0, 0.05) is 46.4 Å². The van der Waals surface area contributed by atoms with Crippen LogP contribution in [0.15, 0.2) is 35.3 Å². The van der Waals surface area contributed by atoms with E-state index in [9.17, 15) is 0 Å². The van der Waals surface area contributed by atoms with Crippen molar-refractivity contribution in [2.24, 2.45) is 10.9 Å².